The number of aromatic nitrogens is 3. The Morgan fingerprint density at radius 3 is 2.88 bits per heavy atom. The second kappa shape index (κ2) is 7.04. The molecule has 1 aliphatic rings. The number of rotatable bonds is 6. The van der Waals surface area contributed by atoms with Gasteiger partial charge < -0.3 is 15.6 Å². The average molecular weight is 341 g/mol. The maximum Gasteiger partial charge on any atom is 0.255 e. The van der Waals surface area contributed by atoms with Crippen LogP contribution in [0, 0.1) is 5.92 Å². The Labute approximate surface area is 146 Å². The van der Waals surface area contributed by atoms with Crippen molar-refractivity contribution in [1.82, 2.24) is 25.6 Å². The Morgan fingerprint density at radius 2 is 2.20 bits per heavy atom. The molecular formula is C18H23N5O2. The second-order valence-corrected chi connectivity index (χ2v) is 6.84. The van der Waals surface area contributed by atoms with Crippen LogP contribution in [0.15, 0.2) is 25.0 Å². The molecule has 0 aliphatic heterocycles. The topological polar surface area (TPSA) is 99.8 Å². The summed E-state index contributed by atoms with van der Waals surface area (Å²) in [6.07, 6.45) is 7.33. The molecule has 0 aromatic carbocycles. The number of amides is 2. The van der Waals surface area contributed by atoms with Gasteiger partial charge >= 0.3 is 0 Å². The van der Waals surface area contributed by atoms with Gasteiger partial charge in [0.05, 0.1) is 17.5 Å². The van der Waals surface area contributed by atoms with Crippen molar-refractivity contribution in [2.24, 2.45) is 5.92 Å². The van der Waals surface area contributed by atoms with Crippen molar-refractivity contribution < 1.29 is 9.59 Å². The summed E-state index contributed by atoms with van der Waals surface area (Å²) < 4.78 is 0. The van der Waals surface area contributed by atoms with Crippen LogP contribution in [0.4, 0.5) is 0 Å². The van der Waals surface area contributed by atoms with Crippen LogP contribution < -0.4 is 10.6 Å². The fourth-order valence-electron chi connectivity index (χ4n) is 3.12. The van der Waals surface area contributed by atoms with Crippen LogP contribution in [-0.2, 0) is 11.2 Å². The highest BCUT2D eigenvalue weighted by Crippen LogP contribution is 2.30. The molecule has 2 aromatic heterocycles. The fraction of sp³-hybridized carbons (Fsp3) is 0.444. The third-order valence-electron chi connectivity index (χ3n) is 4.36. The Balaban J connectivity index is 1.66. The molecule has 25 heavy (non-hydrogen) atoms. The number of fused-ring (bicyclic) bond motifs is 1. The summed E-state index contributed by atoms with van der Waals surface area (Å²) in [4.78, 5) is 35.5. The number of nitrogens with zero attached hydrogens (tertiary/aromatic N) is 2. The van der Waals surface area contributed by atoms with Crippen molar-refractivity contribution in [1.29, 1.82) is 0 Å². The van der Waals surface area contributed by atoms with Crippen LogP contribution in [0.2, 0.25) is 0 Å². The van der Waals surface area contributed by atoms with Gasteiger partial charge in [-0.1, -0.05) is 6.58 Å². The lowest BCUT2D eigenvalue weighted by Gasteiger charge is -2.35. The maximum absolute atomic E-state index is 12.3. The van der Waals surface area contributed by atoms with E-state index in [-0.39, 0.29) is 23.9 Å². The van der Waals surface area contributed by atoms with E-state index in [2.05, 4.69) is 32.2 Å². The van der Waals surface area contributed by atoms with E-state index in [1.54, 1.807) is 12.4 Å². The standard InChI is InChI=1S/C18H23N5O2/c1-4-15(24)22-12-5-11(6-12)7-13-8-19-17-16(23-13)14(9-20-17)18(25)21-10(2)3/h4,8-12H,1,5-7H2,2-3H3,(H,19,20)(H,21,25)(H,22,24). The number of hydrogen-bond donors (Lipinski definition) is 3. The molecule has 3 N–H and O–H groups in total. The molecule has 7 heteroatoms. The normalized spacial score (nSPS) is 19.5. The highest BCUT2D eigenvalue weighted by atomic mass is 16.2. The predicted molar refractivity (Wildman–Crippen MR) is 95.0 cm³/mol. The summed E-state index contributed by atoms with van der Waals surface area (Å²) in [6, 6.07) is 0.276. The lowest BCUT2D eigenvalue weighted by atomic mass is 9.77. The molecule has 0 bridgehead atoms. The van der Waals surface area contributed by atoms with Crippen LogP contribution in [0.3, 0.4) is 0 Å². The quantitative estimate of drug-likeness (QED) is 0.697. The first-order valence-corrected chi connectivity index (χ1v) is 8.53. The Hall–Kier alpha value is -2.70. The van der Waals surface area contributed by atoms with Gasteiger partial charge in [-0.05, 0) is 45.1 Å². The molecule has 0 saturated heterocycles. The van der Waals surface area contributed by atoms with Crippen LogP contribution in [0.25, 0.3) is 11.2 Å². The van der Waals surface area contributed by atoms with Crippen molar-refractivity contribution in [3.63, 3.8) is 0 Å². The van der Waals surface area contributed by atoms with E-state index in [0.29, 0.717) is 22.6 Å². The molecule has 2 heterocycles. The van der Waals surface area contributed by atoms with E-state index in [1.165, 1.54) is 6.08 Å². The highest BCUT2D eigenvalue weighted by Gasteiger charge is 2.30. The van der Waals surface area contributed by atoms with Gasteiger partial charge in [-0.25, -0.2) is 9.97 Å². The molecule has 132 valence electrons. The van der Waals surface area contributed by atoms with Gasteiger partial charge in [0, 0.05) is 18.3 Å². The van der Waals surface area contributed by atoms with Gasteiger partial charge in [0.2, 0.25) is 5.91 Å². The van der Waals surface area contributed by atoms with Gasteiger partial charge in [-0.15, -0.1) is 0 Å². The van der Waals surface area contributed by atoms with E-state index in [9.17, 15) is 9.59 Å². The number of aromatic amines is 1. The second-order valence-electron chi connectivity index (χ2n) is 6.84. The number of carbonyl (C=O) groups excluding carboxylic acids is 2. The molecule has 0 spiro atoms. The number of H-pyrrole nitrogens is 1. The van der Waals surface area contributed by atoms with E-state index < -0.39 is 0 Å². The van der Waals surface area contributed by atoms with Crippen molar-refractivity contribution in [3.05, 3.63) is 36.3 Å². The van der Waals surface area contributed by atoms with Gasteiger partial charge in [0.1, 0.15) is 5.52 Å². The lowest BCUT2D eigenvalue weighted by molar-refractivity contribution is -0.118. The van der Waals surface area contributed by atoms with Crippen LogP contribution in [0.1, 0.15) is 42.7 Å². The summed E-state index contributed by atoms with van der Waals surface area (Å²) in [5.41, 5.74) is 2.60. The number of nitrogens with one attached hydrogen (secondary N) is 3. The minimum absolute atomic E-state index is 0.0614. The SMILES string of the molecule is C=CC(=O)NC1CC(Cc2cnc3[nH]cc(C(=O)NC(C)C)c3n2)C1. The third kappa shape index (κ3) is 3.87. The Bertz CT molecular complexity index is 805. The van der Waals surface area contributed by atoms with Crippen LogP contribution in [0.5, 0.6) is 0 Å². The first-order chi connectivity index (χ1) is 12.0. The van der Waals surface area contributed by atoms with E-state index >= 15 is 0 Å². The molecule has 1 fully saturated rings. The third-order valence-corrected chi connectivity index (χ3v) is 4.36. The average Bonchev–Trinajstić information content (AvgIpc) is 2.95. The van der Waals surface area contributed by atoms with Crippen LogP contribution in [-0.4, -0.2) is 38.8 Å². The smallest absolute Gasteiger partial charge is 0.255 e. The summed E-state index contributed by atoms with van der Waals surface area (Å²) in [7, 11) is 0. The molecule has 2 amide bonds. The zero-order chi connectivity index (χ0) is 18.0. The van der Waals surface area contributed by atoms with Crippen molar-refractivity contribution in [2.75, 3.05) is 0 Å². The van der Waals surface area contributed by atoms with Crippen molar-refractivity contribution in [3.8, 4) is 0 Å². The molecular weight excluding hydrogens is 318 g/mol. The largest absolute Gasteiger partial charge is 0.350 e. The zero-order valence-electron chi connectivity index (χ0n) is 14.5. The van der Waals surface area contributed by atoms with Crippen molar-refractivity contribution in [2.45, 2.75) is 45.2 Å². The van der Waals surface area contributed by atoms with Crippen molar-refractivity contribution >= 4 is 23.0 Å². The predicted octanol–water partition coefficient (Wildman–Crippen LogP) is 1.72. The lowest BCUT2D eigenvalue weighted by Crippen LogP contribution is -2.44. The number of hydrogen-bond acceptors (Lipinski definition) is 4. The Kier molecular flexibility index (Phi) is 4.83. The molecule has 0 radical (unpaired) electrons. The summed E-state index contributed by atoms with van der Waals surface area (Å²) in [5, 5.41) is 5.77. The fourth-order valence-corrected chi connectivity index (χ4v) is 3.12. The van der Waals surface area contributed by atoms with E-state index in [1.807, 2.05) is 13.8 Å². The van der Waals surface area contributed by atoms with Crippen LogP contribution >= 0.6 is 0 Å². The molecule has 0 atom stereocenters. The Morgan fingerprint density at radius 1 is 1.44 bits per heavy atom. The summed E-state index contributed by atoms with van der Waals surface area (Å²) in [6.45, 7) is 7.29. The molecule has 3 rings (SSSR count). The number of carbonyl (C=O) groups is 2. The van der Waals surface area contributed by atoms with Gasteiger partial charge in [0.25, 0.3) is 5.91 Å². The maximum atomic E-state index is 12.3. The minimum Gasteiger partial charge on any atom is -0.350 e. The zero-order valence-corrected chi connectivity index (χ0v) is 14.5. The van der Waals surface area contributed by atoms with Gasteiger partial charge in [-0.2, -0.15) is 0 Å². The van der Waals surface area contributed by atoms with E-state index in [4.69, 9.17) is 0 Å². The monoisotopic (exact) mass is 341 g/mol. The first-order valence-electron chi connectivity index (χ1n) is 8.53. The summed E-state index contributed by atoms with van der Waals surface area (Å²) >= 11 is 0. The molecule has 1 aliphatic carbocycles. The highest BCUT2D eigenvalue weighted by molar-refractivity contribution is 6.04. The first kappa shape index (κ1) is 17.1. The van der Waals surface area contributed by atoms with Gasteiger partial charge in [0.15, 0.2) is 5.65 Å². The van der Waals surface area contributed by atoms with E-state index in [0.717, 1.165) is 25.0 Å². The summed E-state index contributed by atoms with van der Waals surface area (Å²) in [5.74, 6) is 0.190. The molecule has 2 aromatic rings. The molecule has 7 nitrogen and oxygen atoms in total. The van der Waals surface area contributed by atoms with Gasteiger partial charge in [-0.3, -0.25) is 9.59 Å². The molecule has 0 unspecified atom stereocenters. The minimum atomic E-state index is -0.149. The molecule has 1 saturated carbocycles.